The van der Waals surface area contributed by atoms with Crippen LogP contribution >= 0.6 is 11.3 Å². The molecule has 27 heavy (non-hydrogen) atoms. The number of thiophene rings is 1. The molecule has 0 aliphatic carbocycles. The molecule has 0 saturated carbocycles. The Morgan fingerprint density at radius 3 is 3.00 bits per heavy atom. The highest BCUT2D eigenvalue weighted by atomic mass is 32.1. The molecule has 6 nitrogen and oxygen atoms in total. The van der Waals surface area contributed by atoms with Crippen LogP contribution in [-0.2, 0) is 18.3 Å². The Balaban J connectivity index is 1.43. The molecule has 1 aliphatic heterocycles. The van der Waals surface area contributed by atoms with Crippen LogP contribution in [0.1, 0.15) is 49.7 Å². The third kappa shape index (κ3) is 3.98. The lowest BCUT2D eigenvalue weighted by Gasteiger charge is -2.30. The van der Waals surface area contributed by atoms with E-state index in [1.807, 2.05) is 36.8 Å². The van der Waals surface area contributed by atoms with Crippen LogP contribution in [0, 0.1) is 0 Å². The second kappa shape index (κ2) is 8.08. The van der Waals surface area contributed by atoms with Gasteiger partial charge < -0.3 is 14.0 Å². The fraction of sp³-hybridized carbons (Fsp3) is 0.450. The molecule has 1 aliphatic rings. The van der Waals surface area contributed by atoms with Crippen molar-refractivity contribution in [2.45, 2.75) is 44.6 Å². The molecule has 3 aromatic rings. The molecule has 0 bridgehead atoms. The largest absolute Gasteiger partial charge is 0.353 e. The molecular weight excluding hydrogens is 360 g/mol. The minimum absolute atomic E-state index is 0.157. The first-order chi connectivity index (χ1) is 13.2. The number of hydrogen-bond donors (Lipinski definition) is 0. The Hall–Kier alpha value is -2.41. The van der Waals surface area contributed by atoms with Gasteiger partial charge in [-0.15, -0.1) is 11.3 Å². The molecule has 0 radical (unpaired) electrons. The molecule has 1 amide bonds. The second-order valence-corrected chi connectivity index (χ2v) is 7.93. The maximum atomic E-state index is 13.0. The number of rotatable bonds is 5. The molecule has 3 aromatic heterocycles. The van der Waals surface area contributed by atoms with Crippen LogP contribution in [0.4, 0.5) is 0 Å². The molecule has 0 aromatic carbocycles. The van der Waals surface area contributed by atoms with E-state index in [9.17, 15) is 4.79 Å². The van der Waals surface area contributed by atoms with Crippen molar-refractivity contribution in [2.75, 3.05) is 6.54 Å². The third-order valence-electron chi connectivity index (χ3n) is 5.16. The number of carbonyl (C=O) groups is 1. The van der Waals surface area contributed by atoms with Crippen molar-refractivity contribution in [3.63, 3.8) is 0 Å². The van der Waals surface area contributed by atoms with Gasteiger partial charge in [-0.25, -0.2) is 0 Å². The molecule has 1 unspecified atom stereocenters. The van der Waals surface area contributed by atoms with Crippen molar-refractivity contribution < 1.29 is 9.32 Å². The van der Waals surface area contributed by atoms with Crippen LogP contribution in [-0.4, -0.2) is 32.1 Å². The fourth-order valence-electron chi connectivity index (χ4n) is 3.75. The Labute approximate surface area is 162 Å². The van der Waals surface area contributed by atoms with Crippen LogP contribution < -0.4 is 0 Å². The number of amides is 1. The van der Waals surface area contributed by atoms with Gasteiger partial charge in [-0.3, -0.25) is 4.79 Å². The van der Waals surface area contributed by atoms with Gasteiger partial charge in [0.2, 0.25) is 17.6 Å². The first-order valence-electron chi connectivity index (χ1n) is 9.49. The summed E-state index contributed by atoms with van der Waals surface area (Å²) in [7, 11) is 2.05. The molecule has 0 spiro atoms. The van der Waals surface area contributed by atoms with E-state index in [1.165, 1.54) is 12.1 Å². The summed E-state index contributed by atoms with van der Waals surface area (Å²) in [6, 6.07) is 8.26. The molecule has 7 heteroatoms. The highest BCUT2D eigenvalue weighted by molar-refractivity contribution is 7.13. The number of nitrogens with zero attached hydrogens (tertiary/aromatic N) is 4. The Kier molecular flexibility index (Phi) is 5.38. The van der Waals surface area contributed by atoms with Gasteiger partial charge in [0, 0.05) is 38.3 Å². The maximum Gasteiger partial charge on any atom is 0.227 e. The zero-order valence-corrected chi connectivity index (χ0v) is 16.3. The van der Waals surface area contributed by atoms with Gasteiger partial charge in [0.25, 0.3) is 0 Å². The van der Waals surface area contributed by atoms with Crippen molar-refractivity contribution >= 4 is 17.2 Å². The zero-order valence-electron chi connectivity index (χ0n) is 15.5. The van der Waals surface area contributed by atoms with Crippen LogP contribution in [0.3, 0.4) is 0 Å². The van der Waals surface area contributed by atoms with Crippen molar-refractivity contribution in [3.8, 4) is 10.7 Å². The number of hydrogen-bond acceptors (Lipinski definition) is 5. The maximum absolute atomic E-state index is 13.0. The van der Waals surface area contributed by atoms with E-state index in [-0.39, 0.29) is 11.9 Å². The molecule has 142 valence electrons. The Morgan fingerprint density at radius 1 is 1.30 bits per heavy atom. The molecular formula is C20H24N4O2S. The third-order valence-corrected chi connectivity index (χ3v) is 6.03. The summed E-state index contributed by atoms with van der Waals surface area (Å²) in [6.45, 7) is 0.818. The van der Waals surface area contributed by atoms with E-state index >= 15 is 0 Å². The standard InChI is InChI=1S/C20H24N4O2S/c1-23-12-5-8-15(23)16-7-3-2-4-13-24(16)19(25)11-10-18-21-20(22-26-18)17-9-6-14-27-17/h5-6,8-9,12,14,16H,2-4,7,10-11,13H2,1H3. The average molecular weight is 385 g/mol. The average Bonchev–Trinajstić information content (AvgIpc) is 3.39. The summed E-state index contributed by atoms with van der Waals surface area (Å²) in [5, 5.41) is 6.01. The molecule has 4 heterocycles. The normalized spacial score (nSPS) is 17.8. The summed E-state index contributed by atoms with van der Waals surface area (Å²) in [5.74, 6) is 1.29. The zero-order chi connectivity index (χ0) is 18.6. The monoisotopic (exact) mass is 384 g/mol. The number of likely N-dealkylation sites (tertiary alicyclic amines) is 1. The van der Waals surface area contributed by atoms with Gasteiger partial charge in [0.05, 0.1) is 10.9 Å². The molecule has 1 saturated heterocycles. The molecule has 1 fully saturated rings. The summed E-state index contributed by atoms with van der Waals surface area (Å²) >= 11 is 1.58. The summed E-state index contributed by atoms with van der Waals surface area (Å²) in [4.78, 5) is 20.5. The topological polar surface area (TPSA) is 64.2 Å². The number of aromatic nitrogens is 3. The summed E-state index contributed by atoms with van der Waals surface area (Å²) in [5.41, 5.74) is 1.21. The van der Waals surface area contributed by atoms with E-state index in [4.69, 9.17) is 4.52 Å². The van der Waals surface area contributed by atoms with Crippen LogP contribution in [0.5, 0.6) is 0 Å². The first kappa shape index (κ1) is 18.0. The van der Waals surface area contributed by atoms with Crippen molar-refractivity contribution in [1.29, 1.82) is 0 Å². The highest BCUT2D eigenvalue weighted by Crippen LogP contribution is 2.31. The molecule has 4 rings (SSSR count). The van der Waals surface area contributed by atoms with Crippen LogP contribution in [0.2, 0.25) is 0 Å². The van der Waals surface area contributed by atoms with E-state index < -0.39 is 0 Å². The van der Waals surface area contributed by atoms with Gasteiger partial charge in [0.15, 0.2) is 0 Å². The van der Waals surface area contributed by atoms with Gasteiger partial charge in [-0.1, -0.05) is 24.1 Å². The van der Waals surface area contributed by atoms with Crippen molar-refractivity contribution in [1.82, 2.24) is 19.6 Å². The quantitative estimate of drug-likeness (QED) is 0.661. The van der Waals surface area contributed by atoms with Crippen molar-refractivity contribution in [2.24, 2.45) is 7.05 Å². The SMILES string of the molecule is Cn1cccc1C1CCCCCN1C(=O)CCc1nc(-c2cccs2)no1. The fourth-order valence-corrected chi connectivity index (χ4v) is 4.40. The van der Waals surface area contributed by atoms with E-state index in [2.05, 4.69) is 25.7 Å². The Morgan fingerprint density at radius 2 is 2.22 bits per heavy atom. The number of carbonyl (C=O) groups excluding carboxylic acids is 1. The number of aryl methyl sites for hydroxylation is 2. The predicted octanol–water partition coefficient (Wildman–Crippen LogP) is 4.21. The summed E-state index contributed by atoms with van der Waals surface area (Å²) < 4.78 is 7.47. The predicted molar refractivity (Wildman–Crippen MR) is 104 cm³/mol. The lowest BCUT2D eigenvalue weighted by Crippen LogP contribution is -2.35. The van der Waals surface area contributed by atoms with E-state index in [1.54, 1.807) is 11.3 Å². The highest BCUT2D eigenvalue weighted by Gasteiger charge is 2.28. The van der Waals surface area contributed by atoms with Gasteiger partial charge >= 0.3 is 0 Å². The van der Waals surface area contributed by atoms with Gasteiger partial charge in [-0.05, 0) is 36.4 Å². The van der Waals surface area contributed by atoms with Gasteiger partial charge in [0.1, 0.15) is 0 Å². The molecule has 0 N–H and O–H groups in total. The van der Waals surface area contributed by atoms with E-state index in [0.29, 0.717) is 24.6 Å². The Bertz CT molecular complexity index is 884. The second-order valence-electron chi connectivity index (χ2n) is 6.99. The smallest absolute Gasteiger partial charge is 0.227 e. The minimum Gasteiger partial charge on any atom is -0.353 e. The lowest BCUT2D eigenvalue weighted by molar-refractivity contribution is -0.133. The van der Waals surface area contributed by atoms with Crippen LogP contribution in [0.15, 0.2) is 40.4 Å². The van der Waals surface area contributed by atoms with E-state index in [0.717, 1.165) is 30.7 Å². The molecule has 1 atom stereocenters. The first-order valence-corrected chi connectivity index (χ1v) is 10.4. The lowest BCUT2D eigenvalue weighted by atomic mass is 10.1. The van der Waals surface area contributed by atoms with Gasteiger partial charge in [-0.2, -0.15) is 4.98 Å². The summed E-state index contributed by atoms with van der Waals surface area (Å²) in [6.07, 6.45) is 7.35. The minimum atomic E-state index is 0.157. The van der Waals surface area contributed by atoms with Crippen molar-refractivity contribution in [3.05, 3.63) is 47.4 Å². The van der Waals surface area contributed by atoms with Crippen LogP contribution in [0.25, 0.3) is 10.7 Å².